The number of unbranched alkanes of at least 4 members (excludes halogenated alkanes) is 1. The van der Waals surface area contributed by atoms with E-state index in [-0.39, 0.29) is 12.6 Å². The Morgan fingerprint density at radius 3 is 2.60 bits per heavy atom. The highest BCUT2D eigenvalue weighted by Crippen LogP contribution is 2.32. The van der Waals surface area contributed by atoms with Gasteiger partial charge in [0.15, 0.2) is 0 Å². The van der Waals surface area contributed by atoms with E-state index in [1.807, 2.05) is 6.92 Å². The summed E-state index contributed by atoms with van der Waals surface area (Å²) in [5.41, 5.74) is 1.59. The van der Waals surface area contributed by atoms with Crippen LogP contribution in [0, 0.1) is 6.92 Å². The lowest BCUT2D eigenvalue weighted by Gasteiger charge is -2.22. The normalized spacial score (nSPS) is 15.8. The van der Waals surface area contributed by atoms with Crippen LogP contribution >= 0.6 is 0 Å². The molecule has 1 fully saturated rings. The molecular weight excluding hydrogens is 274 g/mol. The Labute approximate surface area is 121 Å². The van der Waals surface area contributed by atoms with Gasteiger partial charge in [0.1, 0.15) is 0 Å². The van der Waals surface area contributed by atoms with Crippen LogP contribution in [0.25, 0.3) is 0 Å². The van der Waals surface area contributed by atoms with Crippen LogP contribution < -0.4 is 0 Å². The topological polar surface area (TPSA) is 57.6 Å². The Balaban J connectivity index is 2.32. The predicted octanol–water partition coefficient (Wildman–Crippen LogP) is 2.44. The van der Waals surface area contributed by atoms with Crippen LogP contribution in [0.3, 0.4) is 0 Å². The minimum atomic E-state index is -3.44. The van der Waals surface area contributed by atoms with E-state index >= 15 is 0 Å². The van der Waals surface area contributed by atoms with Crippen molar-refractivity contribution in [2.24, 2.45) is 0 Å². The van der Waals surface area contributed by atoms with Gasteiger partial charge in [0.2, 0.25) is 10.0 Å². The first kappa shape index (κ1) is 15.5. The summed E-state index contributed by atoms with van der Waals surface area (Å²) in [6.07, 6.45) is 3.78. The molecule has 0 radical (unpaired) electrons. The molecule has 1 aromatic carbocycles. The van der Waals surface area contributed by atoms with Gasteiger partial charge in [0.25, 0.3) is 0 Å². The number of nitrogens with zero attached hydrogens (tertiary/aromatic N) is 1. The monoisotopic (exact) mass is 297 g/mol. The van der Waals surface area contributed by atoms with Crippen LogP contribution in [0.15, 0.2) is 23.1 Å². The van der Waals surface area contributed by atoms with Gasteiger partial charge in [0.05, 0.1) is 11.5 Å². The molecule has 0 bridgehead atoms. The molecule has 1 aliphatic rings. The average Bonchev–Trinajstić information content (AvgIpc) is 3.24. The van der Waals surface area contributed by atoms with Gasteiger partial charge < -0.3 is 5.11 Å². The van der Waals surface area contributed by atoms with Gasteiger partial charge in [-0.2, -0.15) is 4.31 Å². The van der Waals surface area contributed by atoms with Crippen molar-refractivity contribution < 1.29 is 13.5 Å². The SMILES string of the molecule is CCCCN(C1CC1)S(=O)(=O)c1ccc(C)c(CO)c1. The molecule has 1 aromatic rings. The summed E-state index contributed by atoms with van der Waals surface area (Å²) in [6, 6.07) is 5.19. The van der Waals surface area contributed by atoms with Crippen molar-refractivity contribution in [3.8, 4) is 0 Å². The Kier molecular flexibility index (Phi) is 4.83. The van der Waals surface area contributed by atoms with Gasteiger partial charge in [-0.25, -0.2) is 8.42 Å². The number of sulfonamides is 1. The molecule has 1 aliphatic carbocycles. The van der Waals surface area contributed by atoms with Gasteiger partial charge in [-0.05, 0) is 49.4 Å². The molecular formula is C15H23NO3S. The molecule has 0 aliphatic heterocycles. The molecule has 0 atom stereocenters. The van der Waals surface area contributed by atoms with Crippen molar-refractivity contribution in [3.63, 3.8) is 0 Å². The predicted molar refractivity (Wildman–Crippen MR) is 78.9 cm³/mol. The molecule has 0 spiro atoms. The van der Waals surface area contributed by atoms with Gasteiger partial charge >= 0.3 is 0 Å². The van der Waals surface area contributed by atoms with Gasteiger partial charge in [-0.1, -0.05) is 19.4 Å². The summed E-state index contributed by atoms with van der Waals surface area (Å²) in [4.78, 5) is 0.301. The van der Waals surface area contributed by atoms with Gasteiger partial charge in [-0.15, -0.1) is 0 Å². The molecule has 1 N–H and O–H groups in total. The minimum absolute atomic E-state index is 0.131. The Hall–Kier alpha value is -0.910. The molecule has 0 aromatic heterocycles. The molecule has 4 nitrogen and oxygen atoms in total. The zero-order chi connectivity index (χ0) is 14.8. The molecule has 5 heteroatoms. The molecule has 2 rings (SSSR count). The summed E-state index contributed by atoms with van der Waals surface area (Å²) in [6.45, 7) is 4.39. The van der Waals surface area contributed by atoms with Crippen LogP contribution in [0.1, 0.15) is 43.7 Å². The van der Waals surface area contributed by atoms with Gasteiger partial charge in [-0.3, -0.25) is 0 Å². The number of aryl methyl sites for hydroxylation is 1. The van der Waals surface area contributed by atoms with E-state index in [0.29, 0.717) is 17.0 Å². The molecule has 0 amide bonds. The van der Waals surface area contributed by atoms with Crippen molar-refractivity contribution in [2.75, 3.05) is 6.54 Å². The minimum Gasteiger partial charge on any atom is -0.392 e. The molecule has 0 saturated heterocycles. The number of benzene rings is 1. The first-order valence-corrected chi connectivity index (χ1v) is 8.67. The van der Waals surface area contributed by atoms with Crippen LogP contribution in [0.4, 0.5) is 0 Å². The van der Waals surface area contributed by atoms with E-state index in [0.717, 1.165) is 31.2 Å². The van der Waals surface area contributed by atoms with Crippen molar-refractivity contribution >= 4 is 10.0 Å². The number of aliphatic hydroxyl groups is 1. The summed E-state index contributed by atoms with van der Waals surface area (Å²) in [7, 11) is -3.44. The number of rotatable bonds is 7. The molecule has 0 unspecified atom stereocenters. The van der Waals surface area contributed by atoms with Crippen LogP contribution in [0.5, 0.6) is 0 Å². The maximum absolute atomic E-state index is 12.7. The maximum atomic E-state index is 12.7. The van der Waals surface area contributed by atoms with E-state index in [9.17, 15) is 13.5 Å². The third-order valence-corrected chi connectivity index (χ3v) is 5.73. The third-order valence-electron chi connectivity index (χ3n) is 3.78. The van der Waals surface area contributed by atoms with E-state index < -0.39 is 10.0 Å². The molecule has 112 valence electrons. The second-order valence-electron chi connectivity index (χ2n) is 5.45. The summed E-state index contributed by atoms with van der Waals surface area (Å²) < 4.78 is 27.1. The lowest BCUT2D eigenvalue weighted by Crippen LogP contribution is -2.34. The number of hydrogen-bond acceptors (Lipinski definition) is 3. The average molecular weight is 297 g/mol. The van der Waals surface area contributed by atoms with E-state index in [1.165, 1.54) is 0 Å². The van der Waals surface area contributed by atoms with Crippen molar-refractivity contribution in [1.29, 1.82) is 0 Å². The lowest BCUT2D eigenvalue weighted by molar-refractivity contribution is 0.280. The van der Waals surface area contributed by atoms with E-state index in [2.05, 4.69) is 6.92 Å². The first-order chi connectivity index (χ1) is 9.50. The first-order valence-electron chi connectivity index (χ1n) is 7.23. The number of hydrogen-bond donors (Lipinski definition) is 1. The fourth-order valence-corrected chi connectivity index (χ4v) is 4.06. The van der Waals surface area contributed by atoms with E-state index in [4.69, 9.17) is 0 Å². The van der Waals surface area contributed by atoms with Crippen LogP contribution in [0.2, 0.25) is 0 Å². The zero-order valence-corrected chi connectivity index (χ0v) is 13.0. The van der Waals surface area contributed by atoms with Crippen molar-refractivity contribution in [1.82, 2.24) is 4.31 Å². The summed E-state index contributed by atoms with van der Waals surface area (Å²) in [5, 5.41) is 9.30. The maximum Gasteiger partial charge on any atom is 0.243 e. The number of aliphatic hydroxyl groups excluding tert-OH is 1. The molecule has 20 heavy (non-hydrogen) atoms. The quantitative estimate of drug-likeness (QED) is 0.841. The highest BCUT2D eigenvalue weighted by molar-refractivity contribution is 7.89. The Morgan fingerprint density at radius 1 is 1.35 bits per heavy atom. The van der Waals surface area contributed by atoms with Gasteiger partial charge in [0, 0.05) is 12.6 Å². The third kappa shape index (κ3) is 3.22. The van der Waals surface area contributed by atoms with Crippen LogP contribution in [-0.4, -0.2) is 30.4 Å². The summed E-state index contributed by atoms with van der Waals surface area (Å²) >= 11 is 0. The van der Waals surface area contributed by atoms with E-state index in [1.54, 1.807) is 22.5 Å². The standard InChI is InChI=1S/C15H23NO3S/c1-3-4-9-16(14-6-7-14)20(18,19)15-8-5-12(2)13(10-15)11-17/h5,8,10,14,17H,3-4,6-7,9,11H2,1-2H3. The van der Waals surface area contributed by atoms with Crippen molar-refractivity contribution in [2.45, 2.75) is 57.1 Å². The summed E-state index contributed by atoms with van der Waals surface area (Å²) in [5.74, 6) is 0. The fraction of sp³-hybridized carbons (Fsp3) is 0.600. The molecule has 0 heterocycles. The second kappa shape index (κ2) is 6.24. The largest absolute Gasteiger partial charge is 0.392 e. The molecule has 1 saturated carbocycles. The van der Waals surface area contributed by atoms with Crippen LogP contribution in [-0.2, 0) is 16.6 Å². The Bertz CT molecular complexity index is 564. The fourth-order valence-electron chi connectivity index (χ4n) is 2.29. The lowest BCUT2D eigenvalue weighted by atomic mass is 10.1. The second-order valence-corrected chi connectivity index (χ2v) is 7.34. The smallest absolute Gasteiger partial charge is 0.243 e. The van der Waals surface area contributed by atoms with Crippen molar-refractivity contribution in [3.05, 3.63) is 29.3 Å². The highest BCUT2D eigenvalue weighted by Gasteiger charge is 2.37. The highest BCUT2D eigenvalue weighted by atomic mass is 32.2. The zero-order valence-electron chi connectivity index (χ0n) is 12.2. The Morgan fingerprint density at radius 2 is 2.05 bits per heavy atom.